The van der Waals surface area contributed by atoms with Crippen LogP contribution in [0.1, 0.15) is 43.7 Å². The fourth-order valence-electron chi connectivity index (χ4n) is 4.92. The van der Waals surface area contributed by atoms with Gasteiger partial charge in [0.15, 0.2) is 11.4 Å². The molecule has 13 heteroatoms. The molecule has 0 radical (unpaired) electrons. The molecule has 0 aliphatic heterocycles. The second kappa shape index (κ2) is 13.9. The molecule has 5 rings (SSSR count). The number of fused-ring (bicyclic) bond motifs is 1. The summed E-state index contributed by atoms with van der Waals surface area (Å²) in [5, 5.41) is 9.55. The number of hydrogen-bond donors (Lipinski definition) is 3. The van der Waals surface area contributed by atoms with Crippen molar-refractivity contribution in [3.63, 3.8) is 0 Å². The number of urea groups is 1. The number of esters is 1. The van der Waals surface area contributed by atoms with Gasteiger partial charge in [-0.05, 0) is 54.3 Å². The lowest BCUT2D eigenvalue weighted by Gasteiger charge is -2.24. The van der Waals surface area contributed by atoms with Gasteiger partial charge in [0.2, 0.25) is 10.0 Å². The molecule has 1 heterocycles. The summed E-state index contributed by atoms with van der Waals surface area (Å²) >= 11 is 1.34. The molecule has 5 aromatic rings. The maximum Gasteiger partial charge on any atom is 0.357 e. The van der Waals surface area contributed by atoms with Crippen molar-refractivity contribution in [1.29, 1.82) is 0 Å². The Morgan fingerprint density at radius 1 is 0.896 bits per heavy atom. The van der Waals surface area contributed by atoms with Crippen molar-refractivity contribution in [2.24, 2.45) is 0 Å². The molecule has 3 N–H and O–H groups in total. The van der Waals surface area contributed by atoms with Crippen molar-refractivity contribution in [2.75, 3.05) is 35.3 Å². The van der Waals surface area contributed by atoms with Crippen LogP contribution in [0.5, 0.6) is 17.2 Å². The molecule has 1 aromatic heterocycles. The Balaban J connectivity index is 1.40. The van der Waals surface area contributed by atoms with E-state index in [1.807, 2.05) is 69.3 Å². The van der Waals surface area contributed by atoms with Gasteiger partial charge in [0.1, 0.15) is 16.5 Å². The molecule has 0 spiro atoms. The molecule has 0 aliphatic carbocycles. The van der Waals surface area contributed by atoms with E-state index in [1.165, 1.54) is 18.4 Å². The summed E-state index contributed by atoms with van der Waals surface area (Å²) in [6.07, 6.45) is 1.05. The molecule has 0 unspecified atom stereocenters. The lowest BCUT2D eigenvalue weighted by Crippen LogP contribution is -2.22. The molecule has 0 atom stereocenters. The number of anilines is 3. The van der Waals surface area contributed by atoms with Gasteiger partial charge in [0, 0.05) is 21.7 Å². The van der Waals surface area contributed by atoms with Crippen molar-refractivity contribution in [3.05, 3.63) is 89.4 Å². The summed E-state index contributed by atoms with van der Waals surface area (Å²) in [4.78, 5) is 29.9. The number of thiazole rings is 1. The van der Waals surface area contributed by atoms with E-state index in [2.05, 4.69) is 20.3 Å². The third kappa shape index (κ3) is 8.04. The molecule has 11 nitrogen and oxygen atoms in total. The summed E-state index contributed by atoms with van der Waals surface area (Å²) in [5.74, 6) is 0.839. The number of amides is 2. The minimum atomic E-state index is -3.63. The first-order valence-corrected chi connectivity index (χ1v) is 17.7. The van der Waals surface area contributed by atoms with Gasteiger partial charge in [0.05, 0.1) is 37.0 Å². The molecule has 48 heavy (non-hydrogen) atoms. The molecule has 4 aromatic carbocycles. The van der Waals surface area contributed by atoms with E-state index in [4.69, 9.17) is 14.2 Å². The Morgan fingerprint density at radius 2 is 1.60 bits per heavy atom. The van der Waals surface area contributed by atoms with Crippen LogP contribution in [0, 0.1) is 0 Å². The van der Waals surface area contributed by atoms with E-state index in [0.717, 1.165) is 28.2 Å². The third-order valence-electron chi connectivity index (χ3n) is 7.13. The van der Waals surface area contributed by atoms with Crippen LogP contribution in [0.4, 0.5) is 21.9 Å². The number of benzene rings is 4. The van der Waals surface area contributed by atoms with E-state index in [-0.39, 0.29) is 29.2 Å². The van der Waals surface area contributed by atoms with Crippen LogP contribution in [0.3, 0.4) is 0 Å². The highest BCUT2D eigenvalue weighted by Crippen LogP contribution is 2.40. The molecule has 0 fully saturated rings. The van der Waals surface area contributed by atoms with Gasteiger partial charge < -0.3 is 24.8 Å². The number of aromatic nitrogens is 1. The van der Waals surface area contributed by atoms with Gasteiger partial charge >= 0.3 is 12.0 Å². The number of hydrogen-bond acceptors (Lipinski definition) is 9. The first-order valence-electron chi connectivity index (χ1n) is 15.0. The van der Waals surface area contributed by atoms with Crippen LogP contribution >= 0.6 is 11.3 Å². The number of methoxy groups -OCH3 is 1. The number of carbonyl (C=O) groups is 2. The Morgan fingerprint density at radius 3 is 2.29 bits per heavy atom. The predicted molar refractivity (Wildman–Crippen MR) is 190 cm³/mol. The molecule has 250 valence electrons. The van der Waals surface area contributed by atoms with Gasteiger partial charge in [-0.3, -0.25) is 4.72 Å². The molecule has 2 amide bonds. The number of rotatable bonds is 10. The smallest absolute Gasteiger partial charge is 0.357 e. The standard InChI is InChI=1S/C35H36N4O7S2/c1-7-45-33(40)29-20-47-32(36-29)21-11-10-12-23(17-21)46-30-16-15-26(24-13-8-9-14-25(24)30)37-34(41)38-27-18-22(35(2,3)4)19-28(31(27)44-5)39-48(6,42)43/h8-20,39H,7H2,1-6H3,(H2,37,38,41). The van der Waals surface area contributed by atoms with Gasteiger partial charge in [-0.2, -0.15) is 0 Å². The molecular weight excluding hydrogens is 653 g/mol. The summed E-state index contributed by atoms with van der Waals surface area (Å²) in [6.45, 7) is 7.96. The first kappa shape index (κ1) is 34.2. The molecule has 0 saturated carbocycles. The van der Waals surface area contributed by atoms with Gasteiger partial charge in [-0.1, -0.05) is 57.2 Å². The lowest BCUT2D eigenvalue weighted by molar-refractivity contribution is 0.0520. The Labute approximate surface area is 283 Å². The number of nitrogens with zero attached hydrogens (tertiary/aromatic N) is 1. The van der Waals surface area contributed by atoms with Crippen LogP contribution in [-0.4, -0.2) is 45.4 Å². The second-order valence-electron chi connectivity index (χ2n) is 11.9. The van der Waals surface area contributed by atoms with Crippen LogP contribution < -0.4 is 24.8 Å². The Kier molecular flexibility index (Phi) is 9.92. The largest absolute Gasteiger partial charge is 0.492 e. The molecule has 0 bridgehead atoms. The normalized spacial score (nSPS) is 11.5. The zero-order valence-electron chi connectivity index (χ0n) is 27.3. The minimum absolute atomic E-state index is 0.175. The monoisotopic (exact) mass is 688 g/mol. The minimum Gasteiger partial charge on any atom is -0.492 e. The van der Waals surface area contributed by atoms with Crippen molar-refractivity contribution in [2.45, 2.75) is 33.1 Å². The molecule has 0 aliphatic rings. The first-order chi connectivity index (χ1) is 22.8. The maximum atomic E-state index is 13.4. The SMILES string of the molecule is CCOC(=O)c1csc(-c2cccc(Oc3ccc(NC(=O)Nc4cc(C(C)(C)C)cc(NS(C)(=O)=O)c4OC)c4ccccc34)c2)n1. The lowest BCUT2D eigenvalue weighted by atomic mass is 9.86. The van der Waals surface area contributed by atoms with Crippen LogP contribution in [-0.2, 0) is 20.2 Å². The van der Waals surface area contributed by atoms with Gasteiger partial charge in [0.25, 0.3) is 0 Å². The number of sulfonamides is 1. The number of nitrogens with one attached hydrogen (secondary N) is 3. The average molecular weight is 689 g/mol. The van der Waals surface area contributed by atoms with Crippen LogP contribution in [0.25, 0.3) is 21.3 Å². The molecular formula is C35H36N4O7S2. The maximum absolute atomic E-state index is 13.4. The van der Waals surface area contributed by atoms with Crippen molar-refractivity contribution < 1.29 is 32.2 Å². The topological polar surface area (TPSA) is 145 Å². The quantitative estimate of drug-likeness (QED) is 0.124. The summed E-state index contributed by atoms with van der Waals surface area (Å²) in [6, 6.07) is 21.3. The van der Waals surface area contributed by atoms with Gasteiger partial charge in [-0.15, -0.1) is 11.3 Å². The highest BCUT2D eigenvalue weighted by atomic mass is 32.2. The summed E-state index contributed by atoms with van der Waals surface area (Å²) in [7, 11) is -2.22. The number of carbonyl (C=O) groups excluding carboxylic acids is 2. The summed E-state index contributed by atoms with van der Waals surface area (Å²) < 4.78 is 43.6. The van der Waals surface area contributed by atoms with Crippen LogP contribution in [0.15, 0.2) is 78.2 Å². The van der Waals surface area contributed by atoms with E-state index in [9.17, 15) is 18.0 Å². The predicted octanol–water partition coefficient (Wildman–Crippen LogP) is 8.25. The average Bonchev–Trinajstić information content (AvgIpc) is 3.52. The molecule has 0 saturated heterocycles. The fraction of sp³-hybridized carbons (Fsp3) is 0.229. The Hall–Kier alpha value is -5.14. The zero-order valence-corrected chi connectivity index (χ0v) is 29.0. The van der Waals surface area contributed by atoms with E-state index >= 15 is 0 Å². The Bertz CT molecular complexity index is 2100. The highest BCUT2D eigenvalue weighted by Gasteiger charge is 2.23. The summed E-state index contributed by atoms with van der Waals surface area (Å²) in [5.41, 5.74) is 2.51. The van der Waals surface area contributed by atoms with Crippen molar-refractivity contribution >= 4 is 61.2 Å². The van der Waals surface area contributed by atoms with E-state index in [1.54, 1.807) is 36.6 Å². The van der Waals surface area contributed by atoms with Crippen LogP contribution in [0.2, 0.25) is 0 Å². The highest BCUT2D eigenvalue weighted by molar-refractivity contribution is 7.92. The fourth-order valence-corrected chi connectivity index (χ4v) is 6.26. The third-order valence-corrected chi connectivity index (χ3v) is 8.61. The van der Waals surface area contributed by atoms with Gasteiger partial charge in [-0.25, -0.2) is 23.0 Å². The van der Waals surface area contributed by atoms with E-state index < -0.39 is 22.0 Å². The number of ether oxygens (including phenoxy) is 3. The zero-order chi connectivity index (χ0) is 34.6. The van der Waals surface area contributed by atoms with E-state index in [0.29, 0.717) is 27.9 Å². The second-order valence-corrected chi connectivity index (χ2v) is 14.5. The van der Waals surface area contributed by atoms with Crippen molar-refractivity contribution in [1.82, 2.24) is 4.98 Å². The van der Waals surface area contributed by atoms with Crippen molar-refractivity contribution in [3.8, 4) is 27.8 Å².